The number of hydrogen-bond acceptors (Lipinski definition) is 2. The van der Waals surface area contributed by atoms with Gasteiger partial charge in [0, 0.05) is 12.8 Å². The summed E-state index contributed by atoms with van der Waals surface area (Å²) in [5.74, 6) is 0.357. The molecule has 0 radical (unpaired) electrons. The van der Waals surface area contributed by atoms with Crippen LogP contribution in [-0.4, -0.2) is 18.0 Å². The second-order valence-electron chi connectivity index (χ2n) is 3.20. The second kappa shape index (κ2) is 8.36. The number of ether oxygens (including phenoxy) is 1. The van der Waals surface area contributed by atoms with Gasteiger partial charge >= 0.3 is 5.97 Å². The molecule has 0 aromatic rings. The Labute approximate surface area is 85.6 Å². The Kier molecular flexibility index (Phi) is 8.21. The van der Waals surface area contributed by atoms with Crippen LogP contribution in [-0.2, 0) is 9.53 Å². The third-order valence-electron chi connectivity index (χ3n) is 1.89. The molecule has 0 unspecified atom stereocenters. The van der Waals surface area contributed by atoms with E-state index >= 15 is 0 Å². The van der Waals surface area contributed by atoms with Crippen LogP contribution in [0.5, 0.6) is 0 Å². The Morgan fingerprint density at radius 3 is 2.54 bits per heavy atom. The van der Waals surface area contributed by atoms with Gasteiger partial charge in [-0.3, -0.25) is 4.79 Å². The van der Waals surface area contributed by atoms with Gasteiger partial charge < -0.3 is 4.74 Å². The van der Waals surface area contributed by atoms with E-state index in [9.17, 15) is 4.79 Å². The van der Waals surface area contributed by atoms with Crippen LogP contribution in [0.3, 0.4) is 0 Å². The first-order chi connectivity index (χ1) is 6.20. The molecule has 3 heteroatoms. The van der Waals surface area contributed by atoms with E-state index in [1.165, 1.54) is 19.8 Å². The lowest BCUT2D eigenvalue weighted by molar-refractivity contribution is -0.146. The highest BCUT2D eigenvalue weighted by Gasteiger charge is 2.10. The zero-order valence-electron chi connectivity index (χ0n) is 8.51. The van der Waals surface area contributed by atoms with Gasteiger partial charge in [-0.25, -0.2) is 0 Å². The Morgan fingerprint density at radius 1 is 1.38 bits per heavy atom. The molecule has 0 saturated heterocycles. The predicted molar refractivity (Wildman–Crippen MR) is 55.0 cm³/mol. The molecule has 0 aromatic carbocycles. The van der Waals surface area contributed by atoms with Gasteiger partial charge in [-0.2, -0.15) is 0 Å². The van der Waals surface area contributed by atoms with Gasteiger partial charge in [0.05, 0.1) is 0 Å². The van der Waals surface area contributed by atoms with E-state index in [4.69, 9.17) is 16.3 Å². The molecular weight excluding hydrogens is 188 g/mol. The van der Waals surface area contributed by atoms with Crippen molar-refractivity contribution in [3.63, 3.8) is 0 Å². The van der Waals surface area contributed by atoms with Crippen LogP contribution in [0, 0.1) is 0 Å². The zero-order chi connectivity index (χ0) is 10.1. The Hall–Kier alpha value is -0.240. The first-order valence-corrected chi connectivity index (χ1v) is 5.47. The second-order valence-corrected chi connectivity index (χ2v) is 3.58. The van der Waals surface area contributed by atoms with Gasteiger partial charge in [-0.05, 0) is 19.3 Å². The standard InChI is InChI=1S/C10H19ClO2/c1-3-4-5-6-10(7-8-11)13-9(2)12/h10H,3-8H2,1-2H3/t10-/m0/s1. The molecular formula is C10H19ClO2. The Bertz CT molecular complexity index is 137. The third kappa shape index (κ3) is 8.10. The molecule has 0 aliphatic heterocycles. The number of rotatable bonds is 7. The molecule has 0 rings (SSSR count). The zero-order valence-corrected chi connectivity index (χ0v) is 9.27. The van der Waals surface area contributed by atoms with Crippen LogP contribution in [0.4, 0.5) is 0 Å². The van der Waals surface area contributed by atoms with Gasteiger partial charge in [0.2, 0.25) is 0 Å². The SMILES string of the molecule is CCCCC[C@@H](CCCl)OC(C)=O. The van der Waals surface area contributed by atoms with E-state index in [0.29, 0.717) is 5.88 Å². The normalized spacial score (nSPS) is 12.5. The smallest absolute Gasteiger partial charge is 0.302 e. The van der Waals surface area contributed by atoms with Crippen molar-refractivity contribution in [1.82, 2.24) is 0 Å². The van der Waals surface area contributed by atoms with Gasteiger partial charge in [-0.1, -0.05) is 19.8 Å². The molecule has 0 amide bonds. The lowest BCUT2D eigenvalue weighted by atomic mass is 10.1. The van der Waals surface area contributed by atoms with Gasteiger partial charge in [-0.15, -0.1) is 11.6 Å². The maximum Gasteiger partial charge on any atom is 0.302 e. The summed E-state index contributed by atoms with van der Waals surface area (Å²) in [6.45, 7) is 3.60. The highest BCUT2D eigenvalue weighted by molar-refractivity contribution is 6.17. The Balaban J connectivity index is 3.59. The maximum atomic E-state index is 10.7. The van der Waals surface area contributed by atoms with Crippen molar-refractivity contribution in [2.45, 2.75) is 52.1 Å². The first kappa shape index (κ1) is 12.8. The summed E-state index contributed by atoms with van der Waals surface area (Å²) < 4.78 is 5.11. The fourth-order valence-electron chi connectivity index (χ4n) is 1.24. The van der Waals surface area contributed by atoms with Crippen molar-refractivity contribution in [3.8, 4) is 0 Å². The summed E-state index contributed by atoms with van der Waals surface area (Å²) >= 11 is 5.60. The lowest BCUT2D eigenvalue weighted by Crippen LogP contribution is -2.16. The average molecular weight is 207 g/mol. The summed E-state index contributed by atoms with van der Waals surface area (Å²) in [7, 11) is 0. The van der Waals surface area contributed by atoms with Crippen LogP contribution in [0.2, 0.25) is 0 Å². The largest absolute Gasteiger partial charge is 0.463 e. The summed E-state index contributed by atoms with van der Waals surface area (Å²) in [5, 5.41) is 0. The fourth-order valence-corrected chi connectivity index (χ4v) is 1.48. The number of hydrogen-bond donors (Lipinski definition) is 0. The molecule has 0 N–H and O–H groups in total. The molecule has 0 heterocycles. The minimum absolute atomic E-state index is 0.0292. The van der Waals surface area contributed by atoms with Crippen LogP contribution >= 0.6 is 11.6 Å². The predicted octanol–water partition coefficient (Wildman–Crippen LogP) is 3.13. The van der Waals surface area contributed by atoms with Crippen molar-refractivity contribution < 1.29 is 9.53 Å². The first-order valence-electron chi connectivity index (χ1n) is 4.93. The molecule has 0 spiro atoms. The van der Waals surface area contributed by atoms with Crippen LogP contribution < -0.4 is 0 Å². The molecule has 0 bridgehead atoms. The number of alkyl halides is 1. The molecule has 0 aliphatic rings. The summed E-state index contributed by atoms with van der Waals surface area (Å²) in [6, 6.07) is 0. The van der Waals surface area contributed by atoms with Gasteiger partial charge in [0.25, 0.3) is 0 Å². The van der Waals surface area contributed by atoms with Crippen molar-refractivity contribution in [1.29, 1.82) is 0 Å². The Morgan fingerprint density at radius 2 is 2.08 bits per heavy atom. The molecule has 2 nitrogen and oxygen atoms in total. The van der Waals surface area contributed by atoms with E-state index in [0.717, 1.165) is 19.3 Å². The summed E-state index contributed by atoms with van der Waals surface area (Å²) in [6.07, 6.45) is 5.24. The number of carbonyl (C=O) groups is 1. The molecule has 0 saturated carbocycles. The van der Waals surface area contributed by atoms with E-state index in [1.807, 2.05) is 0 Å². The third-order valence-corrected chi connectivity index (χ3v) is 2.11. The van der Waals surface area contributed by atoms with Crippen LogP contribution in [0.15, 0.2) is 0 Å². The quantitative estimate of drug-likeness (QED) is 0.364. The van der Waals surface area contributed by atoms with E-state index in [1.54, 1.807) is 0 Å². The summed E-state index contributed by atoms with van der Waals surface area (Å²) in [5.41, 5.74) is 0. The van der Waals surface area contributed by atoms with Gasteiger partial charge in [0.1, 0.15) is 6.10 Å². The minimum atomic E-state index is -0.202. The van der Waals surface area contributed by atoms with Crippen molar-refractivity contribution >= 4 is 17.6 Å². The molecule has 1 atom stereocenters. The number of esters is 1. The molecule has 0 fully saturated rings. The van der Waals surface area contributed by atoms with Crippen LogP contribution in [0.25, 0.3) is 0 Å². The highest BCUT2D eigenvalue weighted by Crippen LogP contribution is 2.11. The molecule has 78 valence electrons. The van der Waals surface area contributed by atoms with Crippen molar-refractivity contribution in [3.05, 3.63) is 0 Å². The molecule has 0 aliphatic carbocycles. The topological polar surface area (TPSA) is 26.3 Å². The van der Waals surface area contributed by atoms with E-state index < -0.39 is 0 Å². The molecule has 0 aromatic heterocycles. The maximum absolute atomic E-state index is 10.7. The van der Waals surface area contributed by atoms with Crippen molar-refractivity contribution in [2.24, 2.45) is 0 Å². The number of halogens is 1. The monoisotopic (exact) mass is 206 g/mol. The summed E-state index contributed by atoms with van der Waals surface area (Å²) in [4.78, 5) is 10.7. The minimum Gasteiger partial charge on any atom is -0.463 e. The lowest BCUT2D eigenvalue weighted by Gasteiger charge is -2.15. The average Bonchev–Trinajstić information content (AvgIpc) is 2.04. The van der Waals surface area contributed by atoms with E-state index in [-0.39, 0.29) is 12.1 Å². The highest BCUT2D eigenvalue weighted by atomic mass is 35.5. The van der Waals surface area contributed by atoms with Crippen LogP contribution in [0.1, 0.15) is 46.0 Å². The fraction of sp³-hybridized carbons (Fsp3) is 0.900. The van der Waals surface area contributed by atoms with Crippen molar-refractivity contribution in [2.75, 3.05) is 5.88 Å². The number of unbranched alkanes of at least 4 members (excludes halogenated alkanes) is 2. The molecule has 13 heavy (non-hydrogen) atoms. The van der Waals surface area contributed by atoms with E-state index in [2.05, 4.69) is 6.92 Å². The number of carbonyl (C=O) groups excluding carboxylic acids is 1. The van der Waals surface area contributed by atoms with Gasteiger partial charge in [0.15, 0.2) is 0 Å².